The van der Waals surface area contributed by atoms with Crippen molar-refractivity contribution >= 4 is 17.5 Å². The number of aromatic hydroxyl groups is 1. The molecule has 0 aromatic heterocycles. The summed E-state index contributed by atoms with van der Waals surface area (Å²) >= 11 is 6.11. The Labute approximate surface area is 123 Å². The molecule has 2 aliphatic rings. The molecule has 20 heavy (non-hydrogen) atoms. The van der Waals surface area contributed by atoms with Crippen LogP contribution in [0.1, 0.15) is 23.7 Å². The van der Waals surface area contributed by atoms with Crippen molar-refractivity contribution < 1.29 is 9.90 Å². The lowest BCUT2D eigenvalue weighted by molar-refractivity contribution is 0.0711. The third-order valence-electron chi connectivity index (χ3n) is 4.58. The Bertz CT molecular complexity index is 535. The summed E-state index contributed by atoms with van der Waals surface area (Å²) in [6, 6.07) is 4.80. The first-order chi connectivity index (χ1) is 9.61. The first-order valence-electron chi connectivity index (χ1n) is 7.12. The maximum Gasteiger partial charge on any atom is 0.255 e. The molecule has 4 nitrogen and oxygen atoms in total. The molecule has 2 N–H and O–H groups in total. The lowest BCUT2D eigenvalue weighted by Gasteiger charge is -2.27. The van der Waals surface area contributed by atoms with Gasteiger partial charge < -0.3 is 15.3 Å². The smallest absolute Gasteiger partial charge is 0.255 e. The lowest BCUT2D eigenvalue weighted by atomic mass is 9.93. The van der Waals surface area contributed by atoms with Gasteiger partial charge >= 0.3 is 0 Å². The average Bonchev–Trinajstić information content (AvgIpc) is 3.00. The van der Waals surface area contributed by atoms with Crippen LogP contribution < -0.4 is 5.32 Å². The van der Waals surface area contributed by atoms with Gasteiger partial charge in [0, 0.05) is 25.7 Å². The van der Waals surface area contributed by atoms with Crippen LogP contribution in [0.3, 0.4) is 0 Å². The summed E-state index contributed by atoms with van der Waals surface area (Å²) in [5, 5.41) is 13.4. The standard InChI is InChI=1S/C15H19ClN2O2/c1-2-14-12-7-17-6-9(12)8-18(14)15(20)11-5-10(19)3-4-13(11)16/h3-5,9,12,14,17,19H,2,6-8H2,1H3. The highest BCUT2D eigenvalue weighted by atomic mass is 35.5. The Morgan fingerprint density at radius 3 is 3.05 bits per heavy atom. The third kappa shape index (κ3) is 2.17. The Kier molecular flexibility index (Phi) is 3.61. The van der Waals surface area contributed by atoms with Crippen molar-refractivity contribution in [2.24, 2.45) is 11.8 Å². The number of amides is 1. The van der Waals surface area contributed by atoms with E-state index in [0.717, 1.165) is 26.1 Å². The maximum absolute atomic E-state index is 12.7. The number of benzene rings is 1. The van der Waals surface area contributed by atoms with Crippen molar-refractivity contribution in [2.45, 2.75) is 19.4 Å². The van der Waals surface area contributed by atoms with Gasteiger partial charge in [-0.2, -0.15) is 0 Å². The number of carbonyl (C=O) groups is 1. The summed E-state index contributed by atoms with van der Waals surface area (Å²) in [5.41, 5.74) is 0.401. The van der Waals surface area contributed by atoms with Gasteiger partial charge in [0.1, 0.15) is 5.75 Å². The van der Waals surface area contributed by atoms with Crippen molar-refractivity contribution in [3.63, 3.8) is 0 Å². The van der Waals surface area contributed by atoms with Gasteiger partial charge in [0.15, 0.2) is 0 Å². The van der Waals surface area contributed by atoms with Gasteiger partial charge in [-0.05, 0) is 36.5 Å². The van der Waals surface area contributed by atoms with Gasteiger partial charge in [0.25, 0.3) is 5.91 Å². The van der Waals surface area contributed by atoms with E-state index in [1.165, 1.54) is 12.1 Å². The highest BCUT2D eigenvalue weighted by Crippen LogP contribution is 2.36. The zero-order valence-electron chi connectivity index (χ0n) is 11.5. The summed E-state index contributed by atoms with van der Waals surface area (Å²) in [6.45, 7) is 4.87. The molecule has 1 aromatic carbocycles. The molecular weight excluding hydrogens is 276 g/mol. The fourth-order valence-corrected chi connectivity index (χ4v) is 3.81. The van der Waals surface area contributed by atoms with Crippen molar-refractivity contribution in [3.05, 3.63) is 28.8 Å². The Morgan fingerprint density at radius 2 is 2.30 bits per heavy atom. The summed E-state index contributed by atoms with van der Waals surface area (Å²) in [6.07, 6.45) is 0.949. The molecule has 2 heterocycles. The summed E-state index contributed by atoms with van der Waals surface area (Å²) in [5.74, 6) is 1.10. The second-order valence-electron chi connectivity index (χ2n) is 5.68. The van der Waals surface area contributed by atoms with Crippen LogP contribution in [0.15, 0.2) is 18.2 Å². The number of fused-ring (bicyclic) bond motifs is 1. The van der Waals surface area contributed by atoms with Crippen molar-refractivity contribution in [2.75, 3.05) is 19.6 Å². The molecule has 2 aliphatic heterocycles. The second-order valence-corrected chi connectivity index (χ2v) is 6.09. The molecule has 1 amide bonds. The summed E-state index contributed by atoms with van der Waals surface area (Å²) in [7, 11) is 0. The van der Waals surface area contributed by atoms with E-state index in [9.17, 15) is 9.90 Å². The van der Waals surface area contributed by atoms with E-state index < -0.39 is 0 Å². The highest BCUT2D eigenvalue weighted by molar-refractivity contribution is 6.33. The van der Waals surface area contributed by atoms with Crippen LogP contribution in [0.2, 0.25) is 5.02 Å². The molecule has 0 spiro atoms. The first-order valence-corrected chi connectivity index (χ1v) is 7.49. The molecule has 3 unspecified atom stereocenters. The number of rotatable bonds is 2. The minimum absolute atomic E-state index is 0.0628. The minimum Gasteiger partial charge on any atom is -0.508 e. The molecule has 3 atom stereocenters. The van der Waals surface area contributed by atoms with Gasteiger partial charge in [-0.25, -0.2) is 0 Å². The zero-order valence-corrected chi connectivity index (χ0v) is 12.2. The molecule has 0 bridgehead atoms. The van der Waals surface area contributed by atoms with E-state index in [4.69, 9.17) is 11.6 Å². The van der Waals surface area contributed by atoms with Crippen LogP contribution in [-0.2, 0) is 0 Å². The average molecular weight is 295 g/mol. The number of likely N-dealkylation sites (tertiary alicyclic amines) is 1. The number of phenols is 1. The lowest BCUT2D eigenvalue weighted by Crippen LogP contribution is -2.39. The SMILES string of the molecule is CCC1C2CNCC2CN1C(=O)c1cc(O)ccc1Cl. The molecule has 2 saturated heterocycles. The largest absolute Gasteiger partial charge is 0.508 e. The molecule has 0 radical (unpaired) electrons. The Hall–Kier alpha value is -1.26. The number of nitrogens with zero attached hydrogens (tertiary/aromatic N) is 1. The fourth-order valence-electron chi connectivity index (χ4n) is 3.61. The quantitative estimate of drug-likeness (QED) is 0.878. The van der Waals surface area contributed by atoms with Gasteiger partial charge in [-0.1, -0.05) is 18.5 Å². The van der Waals surface area contributed by atoms with Crippen LogP contribution in [-0.4, -0.2) is 41.6 Å². The minimum atomic E-state index is -0.0628. The van der Waals surface area contributed by atoms with E-state index in [-0.39, 0.29) is 17.7 Å². The number of hydrogen-bond donors (Lipinski definition) is 2. The first kappa shape index (κ1) is 13.7. The van der Waals surface area contributed by atoms with Crippen LogP contribution in [0, 0.1) is 11.8 Å². The van der Waals surface area contributed by atoms with Gasteiger partial charge in [0.05, 0.1) is 10.6 Å². The van der Waals surface area contributed by atoms with Gasteiger partial charge in [-0.15, -0.1) is 0 Å². The second kappa shape index (κ2) is 5.26. The molecule has 5 heteroatoms. The fraction of sp³-hybridized carbons (Fsp3) is 0.533. The molecule has 2 fully saturated rings. The predicted octanol–water partition coefficient (Wildman–Crippen LogP) is 2.12. The maximum atomic E-state index is 12.7. The van der Waals surface area contributed by atoms with Crippen LogP contribution in [0.4, 0.5) is 0 Å². The third-order valence-corrected chi connectivity index (χ3v) is 4.91. The van der Waals surface area contributed by atoms with E-state index in [1.807, 2.05) is 4.90 Å². The van der Waals surface area contributed by atoms with Crippen LogP contribution >= 0.6 is 11.6 Å². The zero-order chi connectivity index (χ0) is 14.3. The number of nitrogens with one attached hydrogen (secondary N) is 1. The van der Waals surface area contributed by atoms with Gasteiger partial charge in [-0.3, -0.25) is 4.79 Å². The van der Waals surface area contributed by atoms with E-state index in [1.54, 1.807) is 6.07 Å². The van der Waals surface area contributed by atoms with Crippen LogP contribution in [0.25, 0.3) is 0 Å². The normalized spacial score (nSPS) is 28.7. The predicted molar refractivity (Wildman–Crippen MR) is 78.1 cm³/mol. The van der Waals surface area contributed by atoms with E-state index >= 15 is 0 Å². The number of hydrogen-bond acceptors (Lipinski definition) is 3. The highest BCUT2D eigenvalue weighted by Gasteiger charge is 2.45. The van der Waals surface area contributed by atoms with E-state index in [0.29, 0.717) is 22.4 Å². The molecule has 108 valence electrons. The number of carbonyl (C=O) groups excluding carboxylic acids is 1. The van der Waals surface area contributed by atoms with Crippen LogP contribution in [0.5, 0.6) is 5.75 Å². The summed E-state index contributed by atoms with van der Waals surface area (Å²) in [4.78, 5) is 14.7. The monoisotopic (exact) mass is 294 g/mol. The molecule has 0 aliphatic carbocycles. The number of halogens is 1. The Morgan fingerprint density at radius 1 is 1.50 bits per heavy atom. The van der Waals surface area contributed by atoms with Crippen molar-refractivity contribution in [1.82, 2.24) is 10.2 Å². The van der Waals surface area contributed by atoms with E-state index in [2.05, 4.69) is 12.2 Å². The van der Waals surface area contributed by atoms with Crippen molar-refractivity contribution in [1.29, 1.82) is 0 Å². The molecular formula is C15H19ClN2O2. The van der Waals surface area contributed by atoms with Gasteiger partial charge in [0.2, 0.25) is 0 Å². The Balaban J connectivity index is 1.88. The van der Waals surface area contributed by atoms with Crippen molar-refractivity contribution in [3.8, 4) is 5.75 Å². The molecule has 3 rings (SSSR count). The molecule has 0 saturated carbocycles. The summed E-state index contributed by atoms with van der Waals surface area (Å²) < 4.78 is 0. The number of phenolic OH excluding ortho intramolecular Hbond substituents is 1. The topological polar surface area (TPSA) is 52.6 Å². The molecule has 1 aromatic rings.